The molecule has 3 nitrogen and oxygen atoms in total. The number of carboxylic acid groups (broad SMARTS) is 1. The number of carbonyl (C=O) groups is 1. The first-order chi connectivity index (χ1) is 9.06. The molecule has 0 aliphatic carbocycles. The second-order valence-electron chi connectivity index (χ2n) is 4.74. The second kappa shape index (κ2) is 5.89. The van der Waals surface area contributed by atoms with E-state index in [4.69, 9.17) is 0 Å². The second-order valence-corrected chi connectivity index (χ2v) is 5.52. The maximum absolute atomic E-state index is 11.2. The van der Waals surface area contributed by atoms with Crippen LogP contribution in [0.15, 0.2) is 35.0 Å². The summed E-state index contributed by atoms with van der Waals surface area (Å²) >= 11 is 1.68. The lowest BCUT2D eigenvalue weighted by Gasteiger charge is -2.16. The van der Waals surface area contributed by atoms with Gasteiger partial charge in [-0.2, -0.15) is 11.3 Å². The van der Waals surface area contributed by atoms with Gasteiger partial charge in [-0.1, -0.05) is 11.6 Å². The summed E-state index contributed by atoms with van der Waals surface area (Å²) in [5.41, 5.74) is 3.24. The van der Waals surface area contributed by atoms with E-state index in [1.54, 1.807) is 17.4 Å². The van der Waals surface area contributed by atoms with Crippen molar-refractivity contribution in [2.45, 2.75) is 26.3 Å². The molecule has 0 aliphatic rings. The van der Waals surface area contributed by atoms with Gasteiger partial charge in [0.05, 0.1) is 5.56 Å². The molecule has 2 aromatic rings. The minimum Gasteiger partial charge on any atom is -0.478 e. The van der Waals surface area contributed by atoms with Gasteiger partial charge >= 0.3 is 5.97 Å². The van der Waals surface area contributed by atoms with Crippen LogP contribution in [0.25, 0.3) is 0 Å². The third-order valence-electron chi connectivity index (χ3n) is 2.93. The van der Waals surface area contributed by atoms with Crippen molar-refractivity contribution >= 4 is 23.0 Å². The summed E-state index contributed by atoms with van der Waals surface area (Å²) in [5, 5.41) is 16.7. The quantitative estimate of drug-likeness (QED) is 0.872. The molecule has 2 rings (SSSR count). The van der Waals surface area contributed by atoms with Crippen molar-refractivity contribution in [1.82, 2.24) is 0 Å². The molecule has 0 bridgehead atoms. The van der Waals surface area contributed by atoms with Crippen molar-refractivity contribution in [3.8, 4) is 0 Å². The fourth-order valence-corrected chi connectivity index (χ4v) is 2.72. The predicted octanol–water partition coefficient (Wildman–Crippen LogP) is 3.80. The van der Waals surface area contributed by atoms with Crippen LogP contribution in [0.2, 0.25) is 0 Å². The molecule has 1 atom stereocenters. The van der Waals surface area contributed by atoms with Gasteiger partial charge in [0.2, 0.25) is 0 Å². The number of thiophene rings is 1. The Morgan fingerprint density at radius 1 is 1.42 bits per heavy atom. The molecule has 2 N–H and O–H groups in total. The van der Waals surface area contributed by atoms with E-state index >= 15 is 0 Å². The zero-order valence-corrected chi connectivity index (χ0v) is 11.8. The fourth-order valence-electron chi connectivity index (χ4n) is 2.04. The Morgan fingerprint density at radius 2 is 2.21 bits per heavy atom. The lowest BCUT2D eigenvalue weighted by atomic mass is 10.1. The average Bonchev–Trinajstić information content (AvgIpc) is 2.83. The van der Waals surface area contributed by atoms with Gasteiger partial charge < -0.3 is 10.4 Å². The fraction of sp³-hybridized carbons (Fsp3) is 0.267. The summed E-state index contributed by atoms with van der Waals surface area (Å²) in [6.07, 6.45) is 0.885. The number of aryl methyl sites for hydroxylation is 1. The van der Waals surface area contributed by atoms with Gasteiger partial charge in [-0.3, -0.25) is 0 Å². The van der Waals surface area contributed by atoms with Crippen molar-refractivity contribution < 1.29 is 9.90 Å². The Hall–Kier alpha value is -1.81. The molecule has 0 spiro atoms. The molecular formula is C15H17NO2S. The molecular weight excluding hydrogens is 258 g/mol. The number of nitrogens with one attached hydrogen (secondary N) is 1. The van der Waals surface area contributed by atoms with Crippen LogP contribution in [-0.4, -0.2) is 17.1 Å². The monoisotopic (exact) mass is 275 g/mol. The van der Waals surface area contributed by atoms with Crippen LogP contribution in [0, 0.1) is 6.92 Å². The maximum atomic E-state index is 11.2. The van der Waals surface area contributed by atoms with Crippen LogP contribution in [0.4, 0.5) is 5.69 Å². The Kier molecular flexibility index (Phi) is 4.22. The number of anilines is 1. The zero-order valence-electron chi connectivity index (χ0n) is 11.0. The van der Waals surface area contributed by atoms with Crippen LogP contribution in [0.1, 0.15) is 28.4 Å². The first-order valence-corrected chi connectivity index (χ1v) is 7.12. The summed E-state index contributed by atoms with van der Waals surface area (Å²) in [5.74, 6) is -0.895. The van der Waals surface area contributed by atoms with Gasteiger partial charge in [-0.15, -0.1) is 0 Å². The van der Waals surface area contributed by atoms with Crippen LogP contribution >= 0.6 is 11.3 Å². The van der Waals surface area contributed by atoms with E-state index in [2.05, 4.69) is 29.1 Å². The summed E-state index contributed by atoms with van der Waals surface area (Å²) < 4.78 is 0. The molecule has 1 aromatic heterocycles. The van der Waals surface area contributed by atoms with Crippen molar-refractivity contribution in [3.63, 3.8) is 0 Å². The zero-order chi connectivity index (χ0) is 13.8. The van der Waals surface area contributed by atoms with Crippen molar-refractivity contribution in [3.05, 3.63) is 51.7 Å². The van der Waals surface area contributed by atoms with Crippen LogP contribution in [0.3, 0.4) is 0 Å². The number of benzene rings is 1. The number of hydrogen-bond acceptors (Lipinski definition) is 3. The Labute approximate surface area is 116 Å². The van der Waals surface area contributed by atoms with Gasteiger partial charge in [-0.25, -0.2) is 4.79 Å². The first kappa shape index (κ1) is 13.6. The van der Waals surface area contributed by atoms with Gasteiger partial charge in [0, 0.05) is 11.7 Å². The summed E-state index contributed by atoms with van der Waals surface area (Å²) in [4.78, 5) is 11.2. The largest absolute Gasteiger partial charge is 0.478 e. The van der Waals surface area contributed by atoms with Gasteiger partial charge in [0.1, 0.15) is 0 Å². The molecule has 100 valence electrons. The number of aromatic carboxylic acids is 1. The Balaban J connectivity index is 2.12. The smallest absolute Gasteiger partial charge is 0.337 e. The molecule has 0 amide bonds. The molecule has 0 fully saturated rings. The highest BCUT2D eigenvalue weighted by Crippen LogP contribution is 2.19. The highest BCUT2D eigenvalue weighted by atomic mass is 32.1. The van der Waals surface area contributed by atoms with Gasteiger partial charge in [0.25, 0.3) is 0 Å². The minimum atomic E-state index is -0.895. The summed E-state index contributed by atoms with van der Waals surface area (Å²) in [6, 6.07) is 7.74. The SMILES string of the molecule is Cc1ccc(NC(C)Cc2ccsc2)c(C(=O)O)c1. The lowest BCUT2D eigenvalue weighted by Crippen LogP contribution is -2.19. The average molecular weight is 275 g/mol. The highest BCUT2D eigenvalue weighted by molar-refractivity contribution is 7.07. The Bertz CT molecular complexity index is 564. The topological polar surface area (TPSA) is 49.3 Å². The van der Waals surface area contributed by atoms with E-state index in [-0.39, 0.29) is 6.04 Å². The van der Waals surface area contributed by atoms with E-state index in [1.165, 1.54) is 5.56 Å². The first-order valence-electron chi connectivity index (χ1n) is 6.18. The predicted molar refractivity (Wildman–Crippen MR) is 79.2 cm³/mol. The van der Waals surface area contributed by atoms with E-state index < -0.39 is 5.97 Å². The number of rotatable bonds is 5. The molecule has 0 aliphatic heterocycles. The Morgan fingerprint density at radius 3 is 2.84 bits per heavy atom. The van der Waals surface area contributed by atoms with E-state index in [9.17, 15) is 9.90 Å². The molecule has 1 heterocycles. The number of carboxylic acids is 1. The van der Waals surface area contributed by atoms with Crippen molar-refractivity contribution in [2.75, 3.05) is 5.32 Å². The van der Waals surface area contributed by atoms with E-state index in [1.807, 2.05) is 19.1 Å². The normalized spacial score (nSPS) is 12.1. The third-order valence-corrected chi connectivity index (χ3v) is 3.66. The van der Waals surface area contributed by atoms with Crippen LogP contribution in [-0.2, 0) is 6.42 Å². The lowest BCUT2D eigenvalue weighted by molar-refractivity contribution is 0.0698. The van der Waals surface area contributed by atoms with Crippen molar-refractivity contribution in [2.24, 2.45) is 0 Å². The maximum Gasteiger partial charge on any atom is 0.337 e. The molecule has 0 saturated carbocycles. The van der Waals surface area contributed by atoms with E-state index in [0.717, 1.165) is 12.0 Å². The number of hydrogen-bond donors (Lipinski definition) is 2. The minimum absolute atomic E-state index is 0.190. The van der Waals surface area contributed by atoms with Crippen LogP contribution < -0.4 is 5.32 Å². The van der Waals surface area contributed by atoms with E-state index in [0.29, 0.717) is 11.3 Å². The standard InChI is InChI=1S/C15H17NO2S/c1-10-3-4-14(13(7-10)15(17)18)16-11(2)8-12-5-6-19-9-12/h3-7,9,11,16H,8H2,1-2H3,(H,17,18). The summed E-state index contributed by atoms with van der Waals surface area (Å²) in [7, 11) is 0. The van der Waals surface area contributed by atoms with Crippen LogP contribution in [0.5, 0.6) is 0 Å². The molecule has 4 heteroatoms. The molecule has 1 unspecified atom stereocenters. The molecule has 1 aromatic carbocycles. The van der Waals surface area contributed by atoms with Gasteiger partial charge in [-0.05, 0) is 54.8 Å². The highest BCUT2D eigenvalue weighted by Gasteiger charge is 2.12. The third kappa shape index (κ3) is 3.58. The molecule has 0 saturated heterocycles. The summed E-state index contributed by atoms with van der Waals surface area (Å²) in [6.45, 7) is 3.95. The molecule has 19 heavy (non-hydrogen) atoms. The van der Waals surface area contributed by atoms with Gasteiger partial charge in [0.15, 0.2) is 0 Å². The molecule has 0 radical (unpaired) electrons. The van der Waals surface area contributed by atoms with Crippen molar-refractivity contribution in [1.29, 1.82) is 0 Å².